The number of hydrogen-bond donors (Lipinski definition) is 1. The van der Waals surface area contributed by atoms with Crippen molar-refractivity contribution in [2.45, 2.75) is 45.5 Å². The Balaban J connectivity index is 2.78. The van der Waals surface area contributed by atoms with Crippen molar-refractivity contribution in [1.82, 2.24) is 10.2 Å². The van der Waals surface area contributed by atoms with Gasteiger partial charge in [-0.05, 0) is 19.3 Å². The molecule has 1 fully saturated rings. The van der Waals surface area contributed by atoms with Crippen molar-refractivity contribution in [3.8, 4) is 0 Å². The van der Waals surface area contributed by atoms with E-state index < -0.39 is 12.1 Å². The largest absolute Gasteiger partial charge is 0.471 e. The first-order chi connectivity index (χ1) is 7.71. The SMILES string of the molecule is CC(C)CC1CNC(C)CN1C(=O)C(F)(F)F. The van der Waals surface area contributed by atoms with Gasteiger partial charge in [-0.1, -0.05) is 13.8 Å². The first kappa shape index (κ1) is 14.3. The highest BCUT2D eigenvalue weighted by molar-refractivity contribution is 5.82. The van der Waals surface area contributed by atoms with E-state index in [1.165, 1.54) is 0 Å². The molecule has 1 N–H and O–H groups in total. The lowest BCUT2D eigenvalue weighted by Gasteiger charge is -2.40. The number of hydrogen-bond acceptors (Lipinski definition) is 2. The highest BCUT2D eigenvalue weighted by atomic mass is 19.4. The molecule has 0 spiro atoms. The fraction of sp³-hybridized carbons (Fsp3) is 0.909. The van der Waals surface area contributed by atoms with Crippen molar-refractivity contribution < 1.29 is 18.0 Å². The third-order valence-electron chi connectivity index (χ3n) is 2.86. The van der Waals surface area contributed by atoms with E-state index in [2.05, 4.69) is 5.32 Å². The molecule has 0 saturated carbocycles. The molecule has 3 nitrogen and oxygen atoms in total. The number of nitrogens with one attached hydrogen (secondary N) is 1. The zero-order chi connectivity index (χ0) is 13.2. The van der Waals surface area contributed by atoms with Gasteiger partial charge in [-0.25, -0.2) is 0 Å². The number of amides is 1. The number of nitrogens with zero attached hydrogens (tertiary/aromatic N) is 1. The molecule has 0 bridgehead atoms. The first-order valence-electron chi connectivity index (χ1n) is 5.83. The normalized spacial score (nSPS) is 26.4. The van der Waals surface area contributed by atoms with Gasteiger partial charge >= 0.3 is 12.1 Å². The molecule has 17 heavy (non-hydrogen) atoms. The molecular weight excluding hydrogens is 233 g/mol. The van der Waals surface area contributed by atoms with E-state index in [9.17, 15) is 18.0 Å². The maximum absolute atomic E-state index is 12.5. The number of halogens is 3. The van der Waals surface area contributed by atoms with E-state index in [0.717, 1.165) is 4.90 Å². The Morgan fingerprint density at radius 3 is 2.53 bits per heavy atom. The van der Waals surface area contributed by atoms with Gasteiger partial charge in [0.05, 0.1) is 0 Å². The molecule has 1 amide bonds. The molecule has 100 valence electrons. The topological polar surface area (TPSA) is 32.3 Å². The number of alkyl halides is 3. The van der Waals surface area contributed by atoms with Crippen molar-refractivity contribution in [1.29, 1.82) is 0 Å². The van der Waals surface area contributed by atoms with Crippen LogP contribution in [0.3, 0.4) is 0 Å². The van der Waals surface area contributed by atoms with Gasteiger partial charge in [0.2, 0.25) is 0 Å². The highest BCUT2D eigenvalue weighted by Gasteiger charge is 2.45. The summed E-state index contributed by atoms with van der Waals surface area (Å²) in [5.41, 5.74) is 0. The number of carbonyl (C=O) groups excluding carboxylic acids is 1. The van der Waals surface area contributed by atoms with E-state index in [4.69, 9.17) is 0 Å². The van der Waals surface area contributed by atoms with Crippen LogP contribution in [0.15, 0.2) is 0 Å². The number of carbonyl (C=O) groups is 1. The molecule has 0 aromatic carbocycles. The monoisotopic (exact) mass is 252 g/mol. The molecule has 0 aromatic rings. The molecule has 2 atom stereocenters. The third kappa shape index (κ3) is 3.87. The molecule has 1 aliphatic heterocycles. The van der Waals surface area contributed by atoms with Crippen molar-refractivity contribution in [2.75, 3.05) is 13.1 Å². The van der Waals surface area contributed by atoms with Gasteiger partial charge in [0.1, 0.15) is 0 Å². The lowest BCUT2D eigenvalue weighted by Crippen LogP contribution is -2.60. The second kappa shape index (κ2) is 5.25. The summed E-state index contributed by atoms with van der Waals surface area (Å²) >= 11 is 0. The van der Waals surface area contributed by atoms with Crippen LogP contribution >= 0.6 is 0 Å². The predicted octanol–water partition coefficient (Wildman–Crippen LogP) is 1.78. The van der Waals surface area contributed by atoms with Crippen molar-refractivity contribution in [2.24, 2.45) is 5.92 Å². The molecule has 1 heterocycles. The maximum atomic E-state index is 12.5. The summed E-state index contributed by atoms with van der Waals surface area (Å²) in [6.45, 7) is 6.21. The van der Waals surface area contributed by atoms with Gasteiger partial charge < -0.3 is 10.2 Å². The third-order valence-corrected chi connectivity index (χ3v) is 2.86. The Kier molecular flexibility index (Phi) is 4.41. The van der Waals surface area contributed by atoms with Crippen LogP contribution in [-0.4, -0.2) is 42.2 Å². The standard InChI is InChI=1S/C11H19F3N2O/c1-7(2)4-9-5-15-8(3)6-16(9)10(17)11(12,13)14/h7-9,15H,4-6H2,1-3H3. The average Bonchev–Trinajstić information content (AvgIpc) is 2.17. The van der Waals surface area contributed by atoms with Crippen molar-refractivity contribution in [3.63, 3.8) is 0 Å². The van der Waals surface area contributed by atoms with Gasteiger partial charge in [0, 0.05) is 25.2 Å². The van der Waals surface area contributed by atoms with Crippen LogP contribution in [-0.2, 0) is 4.79 Å². The highest BCUT2D eigenvalue weighted by Crippen LogP contribution is 2.24. The zero-order valence-corrected chi connectivity index (χ0v) is 10.3. The summed E-state index contributed by atoms with van der Waals surface area (Å²) in [5, 5.41) is 3.11. The van der Waals surface area contributed by atoms with E-state index in [-0.39, 0.29) is 24.5 Å². The Labute approximate surface area is 99.4 Å². The molecule has 6 heteroatoms. The second-order valence-electron chi connectivity index (χ2n) is 5.05. The van der Waals surface area contributed by atoms with Gasteiger partial charge in [-0.15, -0.1) is 0 Å². The molecule has 1 rings (SSSR count). The van der Waals surface area contributed by atoms with Gasteiger partial charge in [0.15, 0.2) is 0 Å². The fourth-order valence-corrected chi connectivity index (χ4v) is 2.12. The minimum atomic E-state index is -4.77. The predicted molar refractivity (Wildman–Crippen MR) is 58.5 cm³/mol. The van der Waals surface area contributed by atoms with Crippen molar-refractivity contribution >= 4 is 5.91 Å². The van der Waals surface area contributed by atoms with Crippen LogP contribution in [0, 0.1) is 5.92 Å². The number of piperazine rings is 1. The quantitative estimate of drug-likeness (QED) is 0.812. The summed E-state index contributed by atoms with van der Waals surface area (Å²) in [4.78, 5) is 12.3. The van der Waals surface area contributed by atoms with Gasteiger partial charge in [-0.3, -0.25) is 4.79 Å². The minimum Gasteiger partial charge on any atom is -0.329 e. The number of rotatable bonds is 2. The van der Waals surface area contributed by atoms with Gasteiger partial charge in [-0.2, -0.15) is 13.2 Å². The smallest absolute Gasteiger partial charge is 0.329 e. The molecular formula is C11H19F3N2O. The molecule has 0 radical (unpaired) electrons. The Hall–Kier alpha value is -0.780. The Morgan fingerprint density at radius 1 is 1.47 bits per heavy atom. The maximum Gasteiger partial charge on any atom is 0.471 e. The summed E-state index contributed by atoms with van der Waals surface area (Å²) in [6.07, 6.45) is -4.19. The Bertz CT molecular complexity index is 278. The summed E-state index contributed by atoms with van der Waals surface area (Å²) < 4.78 is 37.4. The van der Waals surface area contributed by atoms with Gasteiger partial charge in [0.25, 0.3) is 0 Å². The molecule has 2 unspecified atom stereocenters. The zero-order valence-electron chi connectivity index (χ0n) is 10.3. The first-order valence-corrected chi connectivity index (χ1v) is 5.83. The minimum absolute atomic E-state index is 0.0929. The van der Waals surface area contributed by atoms with Crippen molar-refractivity contribution in [3.05, 3.63) is 0 Å². The summed E-state index contributed by atoms with van der Waals surface area (Å²) in [7, 11) is 0. The van der Waals surface area contributed by atoms with Crippen LogP contribution in [0.5, 0.6) is 0 Å². The average molecular weight is 252 g/mol. The van der Waals surface area contributed by atoms with E-state index >= 15 is 0 Å². The second-order valence-corrected chi connectivity index (χ2v) is 5.05. The Morgan fingerprint density at radius 2 is 2.06 bits per heavy atom. The van der Waals surface area contributed by atoms with Crippen LogP contribution in [0.4, 0.5) is 13.2 Å². The van der Waals surface area contributed by atoms with E-state index in [0.29, 0.717) is 13.0 Å². The molecule has 1 saturated heterocycles. The summed E-state index contributed by atoms with van der Waals surface area (Å²) in [5.74, 6) is -1.45. The van der Waals surface area contributed by atoms with Crippen LogP contribution in [0.1, 0.15) is 27.2 Å². The fourth-order valence-electron chi connectivity index (χ4n) is 2.12. The molecule has 0 aliphatic carbocycles. The molecule has 1 aliphatic rings. The van der Waals surface area contributed by atoms with Crippen LogP contribution in [0.25, 0.3) is 0 Å². The van der Waals surface area contributed by atoms with Crippen LogP contribution in [0.2, 0.25) is 0 Å². The van der Waals surface area contributed by atoms with Crippen LogP contribution < -0.4 is 5.32 Å². The van der Waals surface area contributed by atoms with E-state index in [1.807, 2.05) is 13.8 Å². The molecule has 0 aromatic heterocycles. The lowest BCUT2D eigenvalue weighted by atomic mass is 9.99. The van der Waals surface area contributed by atoms with E-state index in [1.54, 1.807) is 6.92 Å². The summed E-state index contributed by atoms with van der Waals surface area (Å²) in [6, 6.07) is -0.454. The lowest BCUT2D eigenvalue weighted by molar-refractivity contribution is -0.189.